The van der Waals surface area contributed by atoms with E-state index in [1.165, 1.54) is 23.9 Å². The fourth-order valence-corrected chi connectivity index (χ4v) is 1.84. The maximum absolute atomic E-state index is 10.4. The first-order valence-corrected chi connectivity index (χ1v) is 5.26. The first kappa shape index (κ1) is 10.6. The van der Waals surface area contributed by atoms with Crippen molar-refractivity contribution < 1.29 is 4.92 Å². The molecular weight excluding hydrogens is 226 g/mol. The van der Waals surface area contributed by atoms with Crippen LogP contribution in [-0.2, 0) is 0 Å². The third-order valence-electron chi connectivity index (χ3n) is 1.81. The van der Waals surface area contributed by atoms with Gasteiger partial charge in [0.1, 0.15) is 5.03 Å². The molecule has 1 heterocycles. The van der Waals surface area contributed by atoms with Crippen molar-refractivity contribution in [3.63, 3.8) is 0 Å². The van der Waals surface area contributed by atoms with E-state index < -0.39 is 4.92 Å². The molecule has 5 nitrogen and oxygen atoms in total. The van der Waals surface area contributed by atoms with Crippen molar-refractivity contribution in [3.05, 3.63) is 53.0 Å². The zero-order valence-electron chi connectivity index (χ0n) is 8.11. The van der Waals surface area contributed by atoms with Crippen LogP contribution in [0.5, 0.6) is 0 Å². The van der Waals surface area contributed by atoms with E-state index in [1.54, 1.807) is 30.7 Å². The van der Waals surface area contributed by atoms with Gasteiger partial charge in [0, 0.05) is 29.4 Å². The largest absolute Gasteiger partial charge is 0.269 e. The predicted octanol–water partition coefficient (Wildman–Crippen LogP) is 2.54. The minimum absolute atomic E-state index is 0.0866. The summed E-state index contributed by atoms with van der Waals surface area (Å²) < 4.78 is 0. The summed E-state index contributed by atoms with van der Waals surface area (Å²) in [5.41, 5.74) is 0.0866. The Morgan fingerprint density at radius 3 is 2.50 bits per heavy atom. The Morgan fingerprint density at radius 1 is 1.19 bits per heavy atom. The summed E-state index contributed by atoms with van der Waals surface area (Å²) in [5, 5.41) is 11.2. The molecule has 0 bridgehead atoms. The average Bonchev–Trinajstić information content (AvgIpc) is 2.31. The van der Waals surface area contributed by atoms with Crippen LogP contribution in [0.4, 0.5) is 5.69 Å². The van der Waals surface area contributed by atoms with Crippen LogP contribution in [-0.4, -0.2) is 14.9 Å². The SMILES string of the molecule is O=[N+]([O-])c1ccc(Sc2cnccn2)cc1. The summed E-state index contributed by atoms with van der Waals surface area (Å²) in [5.74, 6) is 0. The summed E-state index contributed by atoms with van der Waals surface area (Å²) >= 11 is 1.41. The molecule has 0 atom stereocenters. The van der Waals surface area contributed by atoms with Gasteiger partial charge < -0.3 is 0 Å². The van der Waals surface area contributed by atoms with E-state index in [9.17, 15) is 10.1 Å². The smallest absolute Gasteiger partial charge is 0.260 e. The van der Waals surface area contributed by atoms with Crippen LogP contribution in [0.25, 0.3) is 0 Å². The maximum Gasteiger partial charge on any atom is 0.269 e. The molecule has 16 heavy (non-hydrogen) atoms. The highest BCUT2D eigenvalue weighted by Gasteiger charge is 2.04. The Kier molecular flexibility index (Phi) is 3.11. The lowest BCUT2D eigenvalue weighted by atomic mass is 10.3. The summed E-state index contributed by atoms with van der Waals surface area (Å²) in [7, 11) is 0. The fraction of sp³-hybridized carbons (Fsp3) is 0. The van der Waals surface area contributed by atoms with Gasteiger partial charge in [-0.1, -0.05) is 11.8 Å². The zero-order valence-corrected chi connectivity index (χ0v) is 8.92. The monoisotopic (exact) mass is 233 g/mol. The molecule has 0 radical (unpaired) electrons. The second kappa shape index (κ2) is 4.71. The highest BCUT2D eigenvalue weighted by Crippen LogP contribution is 2.26. The molecule has 0 spiro atoms. The number of hydrogen-bond donors (Lipinski definition) is 0. The second-order valence-corrected chi connectivity index (χ2v) is 3.99. The van der Waals surface area contributed by atoms with Crippen molar-refractivity contribution >= 4 is 17.4 Å². The Balaban J connectivity index is 2.14. The maximum atomic E-state index is 10.4. The van der Waals surface area contributed by atoms with Crippen LogP contribution in [0.15, 0.2) is 52.8 Å². The molecule has 0 saturated heterocycles. The van der Waals surface area contributed by atoms with Crippen molar-refractivity contribution in [3.8, 4) is 0 Å². The van der Waals surface area contributed by atoms with Gasteiger partial charge >= 0.3 is 0 Å². The van der Waals surface area contributed by atoms with Crippen molar-refractivity contribution in [1.29, 1.82) is 0 Å². The van der Waals surface area contributed by atoms with Gasteiger partial charge in [-0.3, -0.25) is 15.1 Å². The third kappa shape index (κ3) is 2.54. The average molecular weight is 233 g/mol. The van der Waals surface area contributed by atoms with Crippen LogP contribution < -0.4 is 0 Å². The lowest BCUT2D eigenvalue weighted by Crippen LogP contribution is -1.86. The summed E-state index contributed by atoms with van der Waals surface area (Å²) in [6, 6.07) is 6.33. The molecule has 0 aliphatic heterocycles. The lowest BCUT2D eigenvalue weighted by molar-refractivity contribution is -0.384. The third-order valence-corrected chi connectivity index (χ3v) is 2.74. The standard InChI is InChI=1S/C10H7N3O2S/c14-13(15)8-1-3-9(4-2-8)16-10-7-11-5-6-12-10/h1-7H. The summed E-state index contributed by atoms with van der Waals surface area (Å²) in [6.45, 7) is 0. The lowest BCUT2D eigenvalue weighted by Gasteiger charge is -1.99. The van der Waals surface area contributed by atoms with Crippen molar-refractivity contribution in [2.75, 3.05) is 0 Å². The summed E-state index contributed by atoms with van der Waals surface area (Å²) in [4.78, 5) is 19.0. The second-order valence-electron chi connectivity index (χ2n) is 2.90. The van der Waals surface area contributed by atoms with Gasteiger partial charge in [0.15, 0.2) is 0 Å². The molecule has 1 aromatic heterocycles. The van der Waals surface area contributed by atoms with Crippen molar-refractivity contribution in [1.82, 2.24) is 9.97 Å². The van der Waals surface area contributed by atoms with Gasteiger partial charge in [-0.05, 0) is 12.1 Å². The van der Waals surface area contributed by atoms with Crippen LogP contribution in [0.3, 0.4) is 0 Å². The topological polar surface area (TPSA) is 68.9 Å². The van der Waals surface area contributed by atoms with Gasteiger partial charge in [-0.15, -0.1) is 0 Å². The molecule has 6 heteroatoms. The van der Waals surface area contributed by atoms with E-state index in [2.05, 4.69) is 9.97 Å². The van der Waals surface area contributed by atoms with E-state index in [1.807, 2.05) is 0 Å². The van der Waals surface area contributed by atoms with E-state index in [0.29, 0.717) is 0 Å². The molecule has 0 saturated carbocycles. The van der Waals surface area contributed by atoms with Crippen LogP contribution in [0, 0.1) is 10.1 Å². The van der Waals surface area contributed by atoms with Crippen LogP contribution in [0.1, 0.15) is 0 Å². The van der Waals surface area contributed by atoms with Crippen molar-refractivity contribution in [2.24, 2.45) is 0 Å². The van der Waals surface area contributed by atoms with Gasteiger partial charge in [-0.2, -0.15) is 0 Å². The number of nitro benzene ring substituents is 1. The Labute approximate surface area is 95.7 Å². The minimum Gasteiger partial charge on any atom is -0.260 e. The quantitative estimate of drug-likeness (QED) is 0.601. The number of aromatic nitrogens is 2. The van der Waals surface area contributed by atoms with Gasteiger partial charge in [0.05, 0.1) is 11.1 Å². The molecule has 0 N–H and O–H groups in total. The molecule has 1 aromatic carbocycles. The number of nitro groups is 1. The molecule has 80 valence electrons. The highest BCUT2D eigenvalue weighted by atomic mass is 32.2. The Morgan fingerprint density at radius 2 is 1.94 bits per heavy atom. The number of hydrogen-bond acceptors (Lipinski definition) is 5. The molecular formula is C10H7N3O2S. The van der Waals surface area contributed by atoms with E-state index >= 15 is 0 Å². The van der Waals surface area contributed by atoms with Gasteiger partial charge in [-0.25, -0.2) is 4.98 Å². The molecule has 0 amide bonds. The van der Waals surface area contributed by atoms with E-state index in [4.69, 9.17) is 0 Å². The van der Waals surface area contributed by atoms with E-state index in [0.717, 1.165) is 9.92 Å². The number of benzene rings is 1. The van der Waals surface area contributed by atoms with Gasteiger partial charge in [0.2, 0.25) is 0 Å². The normalized spacial score (nSPS) is 10.0. The Hall–Kier alpha value is -1.95. The first-order valence-electron chi connectivity index (χ1n) is 4.44. The number of non-ortho nitro benzene ring substituents is 1. The number of nitrogens with zero attached hydrogens (tertiary/aromatic N) is 3. The summed E-state index contributed by atoms with van der Waals surface area (Å²) in [6.07, 6.45) is 4.85. The Bertz CT molecular complexity index is 487. The van der Waals surface area contributed by atoms with Crippen LogP contribution >= 0.6 is 11.8 Å². The zero-order chi connectivity index (χ0) is 11.4. The van der Waals surface area contributed by atoms with E-state index in [-0.39, 0.29) is 5.69 Å². The molecule has 2 rings (SSSR count). The predicted molar refractivity (Wildman–Crippen MR) is 59.3 cm³/mol. The molecule has 0 fully saturated rings. The molecule has 0 aliphatic rings. The van der Waals surface area contributed by atoms with Crippen LogP contribution in [0.2, 0.25) is 0 Å². The molecule has 2 aromatic rings. The first-order chi connectivity index (χ1) is 7.75. The highest BCUT2D eigenvalue weighted by molar-refractivity contribution is 7.99. The molecule has 0 aliphatic carbocycles. The van der Waals surface area contributed by atoms with Gasteiger partial charge in [0.25, 0.3) is 5.69 Å². The number of rotatable bonds is 3. The minimum atomic E-state index is -0.420. The van der Waals surface area contributed by atoms with Crippen molar-refractivity contribution in [2.45, 2.75) is 9.92 Å². The fourth-order valence-electron chi connectivity index (χ4n) is 1.09. The molecule has 0 unspecified atom stereocenters.